The van der Waals surface area contributed by atoms with E-state index in [0.717, 1.165) is 12.8 Å². The van der Waals surface area contributed by atoms with Gasteiger partial charge in [-0.15, -0.1) is 0 Å². The lowest BCUT2D eigenvalue weighted by Gasteiger charge is -2.18. The van der Waals surface area contributed by atoms with Crippen LogP contribution < -0.4 is 0 Å². The van der Waals surface area contributed by atoms with Gasteiger partial charge in [-0.25, -0.2) is 8.42 Å². The molecule has 1 saturated carbocycles. The minimum atomic E-state index is -3.41. The molecular weight excluding hydrogens is 274 g/mol. The molecule has 3 rings (SSSR count). The Kier molecular flexibility index (Phi) is 3.60. The van der Waals surface area contributed by atoms with Crippen molar-refractivity contribution >= 4 is 10.0 Å². The van der Waals surface area contributed by atoms with Crippen molar-refractivity contribution in [1.82, 2.24) is 4.31 Å². The second-order valence-electron chi connectivity index (χ2n) is 6.02. The number of fused-ring (bicyclic) bond motifs is 1. The van der Waals surface area contributed by atoms with Crippen molar-refractivity contribution < 1.29 is 13.5 Å². The van der Waals surface area contributed by atoms with E-state index in [1.807, 2.05) is 0 Å². The zero-order valence-corrected chi connectivity index (χ0v) is 12.5. The standard InChI is InChI=1S/C15H21NO3S/c1-11(17)12-4-3-7-15(8-12)20(18,19)16-9-13-5-2-6-14(13)10-16/h3-4,7-8,11,13-14,17H,2,5-6,9-10H2,1H3. The highest BCUT2D eigenvalue weighted by molar-refractivity contribution is 7.89. The molecule has 0 amide bonds. The van der Waals surface area contributed by atoms with E-state index < -0.39 is 16.1 Å². The Morgan fingerprint density at radius 3 is 2.50 bits per heavy atom. The number of benzene rings is 1. The van der Waals surface area contributed by atoms with E-state index in [2.05, 4.69) is 0 Å². The molecular formula is C15H21NO3S. The molecule has 4 nitrogen and oxygen atoms in total. The molecule has 1 aliphatic heterocycles. The highest BCUT2D eigenvalue weighted by atomic mass is 32.2. The van der Waals surface area contributed by atoms with Gasteiger partial charge in [0.25, 0.3) is 0 Å². The fourth-order valence-electron chi connectivity index (χ4n) is 3.47. The first kappa shape index (κ1) is 14.0. The first-order chi connectivity index (χ1) is 9.48. The quantitative estimate of drug-likeness (QED) is 0.929. The van der Waals surface area contributed by atoms with E-state index in [9.17, 15) is 13.5 Å². The third kappa shape index (κ3) is 2.38. The van der Waals surface area contributed by atoms with Gasteiger partial charge in [-0.3, -0.25) is 0 Å². The number of nitrogens with zero attached hydrogens (tertiary/aromatic N) is 1. The summed E-state index contributed by atoms with van der Waals surface area (Å²) in [5.41, 5.74) is 0.644. The van der Waals surface area contributed by atoms with Gasteiger partial charge in [-0.2, -0.15) is 4.31 Å². The van der Waals surface area contributed by atoms with Crippen molar-refractivity contribution in [3.63, 3.8) is 0 Å². The lowest BCUT2D eigenvalue weighted by atomic mass is 10.0. The maximum Gasteiger partial charge on any atom is 0.243 e. The largest absolute Gasteiger partial charge is 0.389 e. The molecule has 1 aliphatic carbocycles. The van der Waals surface area contributed by atoms with Crippen LogP contribution in [0.5, 0.6) is 0 Å². The third-order valence-corrected chi connectivity index (χ3v) is 6.50. The Morgan fingerprint density at radius 1 is 1.25 bits per heavy atom. The normalized spacial score (nSPS) is 28.5. The van der Waals surface area contributed by atoms with Crippen molar-refractivity contribution in [3.05, 3.63) is 29.8 Å². The summed E-state index contributed by atoms with van der Waals surface area (Å²) < 4.78 is 27.0. The van der Waals surface area contributed by atoms with Gasteiger partial charge in [-0.05, 0) is 49.3 Å². The van der Waals surface area contributed by atoms with Gasteiger partial charge in [0.1, 0.15) is 0 Å². The summed E-state index contributed by atoms with van der Waals surface area (Å²) in [7, 11) is -3.41. The third-order valence-electron chi connectivity index (χ3n) is 4.67. The predicted molar refractivity (Wildman–Crippen MR) is 76.7 cm³/mol. The van der Waals surface area contributed by atoms with Crippen molar-refractivity contribution in [1.29, 1.82) is 0 Å². The van der Waals surface area contributed by atoms with Crippen molar-refractivity contribution in [2.24, 2.45) is 11.8 Å². The van der Waals surface area contributed by atoms with Crippen LogP contribution in [0.3, 0.4) is 0 Å². The number of aliphatic hydroxyl groups is 1. The Hall–Kier alpha value is -0.910. The molecule has 3 atom stereocenters. The summed E-state index contributed by atoms with van der Waals surface area (Å²) in [6, 6.07) is 6.66. The van der Waals surface area contributed by atoms with Crippen LogP contribution in [0.25, 0.3) is 0 Å². The molecule has 0 spiro atoms. The Labute approximate surface area is 120 Å². The molecule has 1 aromatic carbocycles. The summed E-state index contributed by atoms with van der Waals surface area (Å²) in [5.74, 6) is 1.09. The second-order valence-corrected chi connectivity index (χ2v) is 7.96. The van der Waals surface area contributed by atoms with E-state index >= 15 is 0 Å². The number of hydrogen-bond acceptors (Lipinski definition) is 3. The van der Waals surface area contributed by atoms with Gasteiger partial charge in [0, 0.05) is 13.1 Å². The molecule has 2 aliphatic rings. The lowest BCUT2D eigenvalue weighted by Crippen LogP contribution is -2.29. The zero-order valence-electron chi connectivity index (χ0n) is 11.7. The predicted octanol–water partition coefficient (Wildman–Crippen LogP) is 2.16. The van der Waals surface area contributed by atoms with Gasteiger partial charge in [0.05, 0.1) is 11.0 Å². The van der Waals surface area contributed by atoms with Crippen LogP contribution in [0, 0.1) is 11.8 Å². The van der Waals surface area contributed by atoms with E-state index in [4.69, 9.17) is 0 Å². The molecule has 1 aromatic rings. The van der Waals surface area contributed by atoms with Crippen LogP contribution in [0.15, 0.2) is 29.2 Å². The molecule has 5 heteroatoms. The first-order valence-corrected chi connectivity index (χ1v) is 8.70. The molecule has 0 radical (unpaired) electrons. The molecule has 0 bridgehead atoms. The fourth-order valence-corrected chi connectivity index (χ4v) is 5.08. The Morgan fingerprint density at radius 2 is 1.90 bits per heavy atom. The van der Waals surface area contributed by atoms with E-state index in [1.54, 1.807) is 35.5 Å². The van der Waals surface area contributed by atoms with Crippen molar-refractivity contribution in [2.45, 2.75) is 37.2 Å². The smallest absolute Gasteiger partial charge is 0.243 e. The van der Waals surface area contributed by atoms with E-state index in [-0.39, 0.29) is 0 Å². The highest BCUT2D eigenvalue weighted by Crippen LogP contribution is 2.39. The van der Waals surface area contributed by atoms with E-state index in [1.165, 1.54) is 6.42 Å². The van der Waals surface area contributed by atoms with Crippen molar-refractivity contribution in [2.75, 3.05) is 13.1 Å². The van der Waals surface area contributed by atoms with Crippen LogP contribution in [0.4, 0.5) is 0 Å². The maximum absolute atomic E-state index is 12.7. The van der Waals surface area contributed by atoms with E-state index in [0.29, 0.717) is 35.4 Å². The van der Waals surface area contributed by atoms with Gasteiger partial charge < -0.3 is 5.11 Å². The highest BCUT2D eigenvalue weighted by Gasteiger charge is 2.41. The molecule has 1 heterocycles. The summed E-state index contributed by atoms with van der Waals surface area (Å²) in [6.45, 7) is 2.96. The number of hydrogen-bond donors (Lipinski definition) is 1. The van der Waals surface area contributed by atoms with Crippen LogP contribution in [0.2, 0.25) is 0 Å². The van der Waals surface area contributed by atoms with Crippen LogP contribution >= 0.6 is 0 Å². The number of sulfonamides is 1. The lowest BCUT2D eigenvalue weighted by molar-refractivity contribution is 0.199. The number of aliphatic hydroxyl groups excluding tert-OH is 1. The number of rotatable bonds is 3. The molecule has 20 heavy (non-hydrogen) atoms. The molecule has 0 aromatic heterocycles. The van der Waals surface area contributed by atoms with Crippen LogP contribution in [-0.2, 0) is 10.0 Å². The van der Waals surface area contributed by atoms with Crippen LogP contribution in [0.1, 0.15) is 37.9 Å². The SMILES string of the molecule is CC(O)c1cccc(S(=O)(=O)N2CC3CCCC3C2)c1. The molecule has 1 saturated heterocycles. The molecule has 110 valence electrons. The maximum atomic E-state index is 12.7. The average Bonchev–Trinajstić information content (AvgIpc) is 2.99. The average molecular weight is 295 g/mol. The van der Waals surface area contributed by atoms with Gasteiger partial charge in [0.15, 0.2) is 0 Å². The summed E-state index contributed by atoms with van der Waals surface area (Å²) in [5, 5.41) is 9.60. The monoisotopic (exact) mass is 295 g/mol. The Balaban J connectivity index is 1.87. The molecule has 2 fully saturated rings. The molecule has 3 unspecified atom stereocenters. The first-order valence-electron chi connectivity index (χ1n) is 7.26. The topological polar surface area (TPSA) is 57.6 Å². The zero-order chi connectivity index (χ0) is 14.3. The summed E-state index contributed by atoms with van der Waals surface area (Å²) >= 11 is 0. The fraction of sp³-hybridized carbons (Fsp3) is 0.600. The second kappa shape index (κ2) is 5.13. The van der Waals surface area contributed by atoms with Crippen molar-refractivity contribution in [3.8, 4) is 0 Å². The Bertz CT molecular complexity index is 585. The summed E-state index contributed by atoms with van der Waals surface area (Å²) in [4.78, 5) is 0.302. The molecule has 1 N–H and O–H groups in total. The minimum Gasteiger partial charge on any atom is -0.389 e. The minimum absolute atomic E-state index is 0.302. The van der Waals surface area contributed by atoms with Crippen LogP contribution in [-0.4, -0.2) is 30.9 Å². The van der Waals surface area contributed by atoms with Gasteiger partial charge in [0.2, 0.25) is 10.0 Å². The van der Waals surface area contributed by atoms with Gasteiger partial charge in [-0.1, -0.05) is 18.6 Å². The van der Waals surface area contributed by atoms with Gasteiger partial charge >= 0.3 is 0 Å². The summed E-state index contributed by atoms with van der Waals surface area (Å²) in [6.07, 6.45) is 2.90.